The molecule has 0 atom stereocenters. The van der Waals surface area contributed by atoms with Gasteiger partial charge in [0.05, 0.1) is 17.1 Å². The summed E-state index contributed by atoms with van der Waals surface area (Å²) in [6, 6.07) is 0. The maximum absolute atomic E-state index is 12.3. The monoisotopic (exact) mass is 354 g/mol. The fraction of sp³-hybridized carbons (Fsp3) is 0.625. The number of hydrogen-bond donors (Lipinski definition) is 2. The number of aromatic nitrogens is 3. The second kappa shape index (κ2) is 6.68. The summed E-state index contributed by atoms with van der Waals surface area (Å²) in [4.78, 5) is 4.69. The molecule has 134 valence electrons. The van der Waals surface area contributed by atoms with Crippen LogP contribution >= 0.6 is 0 Å². The molecule has 0 amide bonds. The fourth-order valence-corrected chi connectivity index (χ4v) is 3.89. The molecule has 0 aliphatic carbocycles. The number of nitrogens with one attached hydrogen (secondary N) is 2. The molecular weight excluding hydrogens is 328 g/mol. The van der Waals surface area contributed by atoms with E-state index in [1.165, 1.54) is 0 Å². The summed E-state index contributed by atoms with van der Waals surface area (Å²) in [6.07, 6.45) is 1.27. The van der Waals surface area contributed by atoms with Crippen molar-refractivity contribution in [2.75, 3.05) is 6.54 Å². The number of aromatic amines is 1. The van der Waals surface area contributed by atoms with Gasteiger partial charge >= 0.3 is 0 Å². The molecule has 0 spiro atoms. The molecule has 0 unspecified atom stereocenters. The van der Waals surface area contributed by atoms with E-state index in [0.717, 1.165) is 11.5 Å². The minimum absolute atomic E-state index is 0.138. The van der Waals surface area contributed by atoms with Crippen molar-refractivity contribution in [3.63, 3.8) is 0 Å². The standard InChI is InChI=1S/C16H26N4O3S/c1-10-13(23-15(18-10)16(4,5)6)8-7-9-17-24(21,22)14-11(2)19-20-12(14)3/h17H,7-9H2,1-6H3,(H,19,20). The third-order valence-electron chi connectivity index (χ3n) is 3.74. The molecule has 2 aromatic heterocycles. The largest absolute Gasteiger partial charge is 0.445 e. The Morgan fingerprint density at radius 3 is 2.33 bits per heavy atom. The van der Waals surface area contributed by atoms with Gasteiger partial charge in [-0.1, -0.05) is 20.8 Å². The van der Waals surface area contributed by atoms with Crippen LogP contribution in [0.2, 0.25) is 0 Å². The normalized spacial score (nSPS) is 12.8. The predicted octanol–water partition coefficient (Wildman–Crippen LogP) is 2.53. The van der Waals surface area contributed by atoms with Crippen LogP contribution in [0.1, 0.15) is 55.9 Å². The minimum Gasteiger partial charge on any atom is -0.445 e. The van der Waals surface area contributed by atoms with Crippen molar-refractivity contribution in [3.8, 4) is 0 Å². The van der Waals surface area contributed by atoms with Gasteiger partial charge in [-0.3, -0.25) is 5.10 Å². The van der Waals surface area contributed by atoms with E-state index in [-0.39, 0.29) is 10.3 Å². The lowest BCUT2D eigenvalue weighted by molar-refractivity contribution is 0.370. The van der Waals surface area contributed by atoms with Gasteiger partial charge in [0.2, 0.25) is 10.0 Å². The maximum atomic E-state index is 12.3. The Morgan fingerprint density at radius 2 is 1.83 bits per heavy atom. The topological polar surface area (TPSA) is 101 Å². The van der Waals surface area contributed by atoms with Gasteiger partial charge in [-0.2, -0.15) is 5.10 Å². The number of H-pyrrole nitrogens is 1. The summed E-state index contributed by atoms with van der Waals surface area (Å²) >= 11 is 0. The van der Waals surface area contributed by atoms with Crippen LogP contribution in [0.5, 0.6) is 0 Å². The smallest absolute Gasteiger partial charge is 0.244 e. The van der Waals surface area contributed by atoms with Crippen LogP contribution in [0.15, 0.2) is 9.31 Å². The van der Waals surface area contributed by atoms with Gasteiger partial charge in [0.1, 0.15) is 10.7 Å². The van der Waals surface area contributed by atoms with Crippen molar-refractivity contribution >= 4 is 10.0 Å². The molecule has 2 N–H and O–H groups in total. The molecule has 0 aliphatic heterocycles. The molecule has 7 nitrogen and oxygen atoms in total. The third-order valence-corrected chi connectivity index (χ3v) is 5.46. The predicted molar refractivity (Wildman–Crippen MR) is 91.5 cm³/mol. The van der Waals surface area contributed by atoms with Crippen molar-refractivity contribution in [1.29, 1.82) is 0 Å². The van der Waals surface area contributed by atoms with Gasteiger partial charge in [-0.15, -0.1) is 0 Å². The Balaban J connectivity index is 1.95. The number of sulfonamides is 1. The first-order chi connectivity index (χ1) is 11.0. The molecule has 0 aromatic carbocycles. The van der Waals surface area contributed by atoms with Crippen molar-refractivity contribution in [2.24, 2.45) is 0 Å². The molecule has 0 saturated heterocycles. The highest BCUT2D eigenvalue weighted by Crippen LogP contribution is 2.24. The zero-order valence-corrected chi connectivity index (χ0v) is 16.0. The maximum Gasteiger partial charge on any atom is 0.244 e. The molecule has 2 heterocycles. The Hall–Kier alpha value is -1.67. The van der Waals surface area contributed by atoms with Crippen LogP contribution in [0.4, 0.5) is 0 Å². The molecule has 0 saturated carbocycles. The molecule has 0 radical (unpaired) electrons. The summed E-state index contributed by atoms with van der Waals surface area (Å²) < 4.78 is 33.1. The van der Waals surface area contributed by atoms with E-state index in [4.69, 9.17) is 4.42 Å². The first-order valence-corrected chi connectivity index (χ1v) is 9.48. The molecule has 24 heavy (non-hydrogen) atoms. The first kappa shape index (κ1) is 18.7. The average molecular weight is 354 g/mol. The van der Waals surface area contributed by atoms with E-state index in [0.29, 0.717) is 36.7 Å². The van der Waals surface area contributed by atoms with Crippen LogP contribution in [0, 0.1) is 20.8 Å². The lowest BCUT2D eigenvalue weighted by Gasteiger charge is -2.12. The Morgan fingerprint density at radius 1 is 1.17 bits per heavy atom. The fourth-order valence-electron chi connectivity index (χ4n) is 2.45. The quantitative estimate of drug-likeness (QED) is 0.776. The van der Waals surface area contributed by atoms with E-state index >= 15 is 0 Å². The highest BCUT2D eigenvalue weighted by molar-refractivity contribution is 7.89. The number of nitrogens with zero attached hydrogens (tertiary/aromatic N) is 2. The molecule has 8 heteroatoms. The second-order valence-corrected chi connectivity index (χ2v) is 8.75. The SMILES string of the molecule is Cc1nc(C(C)(C)C)oc1CCCNS(=O)(=O)c1c(C)n[nH]c1C. The molecular formula is C16H26N4O3S. The zero-order valence-electron chi connectivity index (χ0n) is 15.1. The van der Waals surface area contributed by atoms with Gasteiger partial charge in [0.15, 0.2) is 5.89 Å². The van der Waals surface area contributed by atoms with Crippen molar-refractivity contribution in [2.45, 2.75) is 64.7 Å². The van der Waals surface area contributed by atoms with Gasteiger partial charge in [0.25, 0.3) is 0 Å². The molecule has 0 aliphatic rings. The second-order valence-electron chi connectivity index (χ2n) is 7.04. The van der Waals surface area contributed by atoms with Crippen LogP contribution in [0.25, 0.3) is 0 Å². The third kappa shape index (κ3) is 4.05. The highest BCUT2D eigenvalue weighted by atomic mass is 32.2. The highest BCUT2D eigenvalue weighted by Gasteiger charge is 2.23. The van der Waals surface area contributed by atoms with E-state index < -0.39 is 10.0 Å². The Labute approximate surface area is 143 Å². The summed E-state index contributed by atoms with van der Waals surface area (Å²) in [7, 11) is -3.55. The minimum atomic E-state index is -3.55. The van der Waals surface area contributed by atoms with E-state index in [9.17, 15) is 8.42 Å². The van der Waals surface area contributed by atoms with Crippen LogP contribution in [-0.4, -0.2) is 30.1 Å². The van der Waals surface area contributed by atoms with Crippen LogP contribution < -0.4 is 4.72 Å². The Kier molecular flexibility index (Phi) is 5.19. The van der Waals surface area contributed by atoms with Gasteiger partial charge in [-0.25, -0.2) is 18.1 Å². The number of aryl methyl sites for hydroxylation is 4. The lowest BCUT2D eigenvalue weighted by Crippen LogP contribution is -2.26. The summed E-state index contributed by atoms with van der Waals surface area (Å²) in [6.45, 7) is 11.8. The first-order valence-electron chi connectivity index (χ1n) is 8.00. The Bertz CT molecular complexity index is 793. The molecule has 0 fully saturated rings. The average Bonchev–Trinajstić information content (AvgIpc) is 2.98. The van der Waals surface area contributed by atoms with E-state index in [1.807, 2.05) is 27.7 Å². The van der Waals surface area contributed by atoms with Gasteiger partial charge in [0, 0.05) is 18.4 Å². The van der Waals surface area contributed by atoms with Crippen molar-refractivity contribution in [1.82, 2.24) is 19.9 Å². The molecule has 2 aromatic rings. The van der Waals surface area contributed by atoms with E-state index in [1.54, 1.807) is 13.8 Å². The number of hydrogen-bond acceptors (Lipinski definition) is 5. The summed E-state index contributed by atoms with van der Waals surface area (Å²) in [5.74, 6) is 1.52. The number of rotatable bonds is 6. The van der Waals surface area contributed by atoms with E-state index in [2.05, 4.69) is 19.9 Å². The number of oxazole rings is 1. The molecule has 2 rings (SSSR count). The van der Waals surface area contributed by atoms with Gasteiger partial charge in [-0.05, 0) is 27.2 Å². The van der Waals surface area contributed by atoms with Crippen molar-refractivity contribution < 1.29 is 12.8 Å². The summed E-state index contributed by atoms with van der Waals surface area (Å²) in [5.41, 5.74) is 1.74. The van der Waals surface area contributed by atoms with Crippen LogP contribution in [0.3, 0.4) is 0 Å². The zero-order chi connectivity index (χ0) is 18.1. The van der Waals surface area contributed by atoms with Gasteiger partial charge < -0.3 is 4.42 Å². The summed E-state index contributed by atoms with van der Waals surface area (Å²) in [5, 5.41) is 6.62. The molecule has 0 bridgehead atoms. The van der Waals surface area contributed by atoms with Crippen molar-refractivity contribution in [3.05, 3.63) is 28.7 Å². The van der Waals surface area contributed by atoms with Crippen LogP contribution in [-0.2, 0) is 21.9 Å². The lowest BCUT2D eigenvalue weighted by atomic mass is 9.97.